The number of aromatic amines is 1. The van der Waals surface area contributed by atoms with Gasteiger partial charge < -0.3 is 9.72 Å². The molecule has 0 bridgehead atoms. The van der Waals surface area contributed by atoms with Crippen LogP contribution in [0.2, 0.25) is 0 Å². The molecular weight excluding hydrogens is 404 g/mol. The lowest BCUT2D eigenvalue weighted by atomic mass is 10.2. The minimum atomic E-state index is -3.84. The highest BCUT2D eigenvalue weighted by Crippen LogP contribution is 2.26. The third-order valence-corrected chi connectivity index (χ3v) is 5.78. The SMILES string of the molecule is COc1ccccc1NS(=O)(=O)c1ccc(C(=O)Nc2nc3ccccc3[nH]2)cc1. The zero-order valence-electron chi connectivity index (χ0n) is 15.9. The molecule has 0 aliphatic rings. The number of amides is 1. The second-order valence-electron chi connectivity index (χ2n) is 6.39. The van der Waals surface area contributed by atoms with Crippen LogP contribution in [0.25, 0.3) is 11.0 Å². The van der Waals surface area contributed by atoms with E-state index < -0.39 is 15.9 Å². The van der Waals surface area contributed by atoms with E-state index in [1.165, 1.54) is 31.4 Å². The first-order chi connectivity index (χ1) is 14.5. The maximum Gasteiger partial charge on any atom is 0.262 e. The molecule has 0 fully saturated rings. The number of anilines is 2. The van der Waals surface area contributed by atoms with Crippen LogP contribution in [0.15, 0.2) is 77.7 Å². The summed E-state index contributed by atoms with van der Waals surface area (Å²) in [6.45, 7) is 0. The smallest absolute Gasteiger partial charge is 0.262 e. The van der Waals surface area contributed by atoms with Crippen LogP contribution in [0, 0.1) is 0 Å². The second kappa shape index (κ2) is 7.88. The summed E-state index contributed by atoms with van der Waals surface area (Å²) < 4.78 is 33.0. The number of nitrogens with one attached hydrogen (secondary N) is 3. The number of imidazole rings is 1. The quantitative estimate of drug-likeness (QED) is 0.439. The van der Waals surface area contributed by atoms with Crippen molar-refractivity contribution in [1.29, 1.82) is 0 Å². The molecule has 0 unspecified atom stereocenters. The highest BCUT2D eigenvalue weighted by Gasteiger charge is 2.17. The van der Waals surface area contributed by atoms with Gasteiger partial charge in [-0.2, -0.15) is 0 Å². The normalized spacial score (nSPS) is 11.2. The monoisotopic (exact) mass is 422 g/mol. The zero-order chi connectivity index (χ0) is 21.1. The van der Waals surface area contributed by atoms with Crippen molar-refractivity contribution < 1.29 is 17.9 Å². The topological polar surface area (TPSA) is 113 Å². The fraction of sp³-hybridized carbons (Fsp3) is 0.0476. The van der Waals surface area contributed by atoms with Crippen LogP contribution in [0.5, 0.6) is 5.75 Å². The highest BCUT2D eigenvalue weighted by molar-refractivity contribution is 7.92. The average Bonchev–Trinajstić information content (AvgIpc) is 3.16. The Morgan fingerprint density at radius 1 is 0.967 bits per heavy atom. The van der Waals surface area contributed by atoms with Gasteiger partial charge in [-0.25, -0.2) is 13.4 Å². The van der Waals surface area contributed by atoms with Crippen molar-refractivity contribution in [3.63, 3.8) is 0 Å². The van der Waals surface area contributed by atoms with E-state index in [1.54, 1.807) is 24.3 Å². The molecule has 0 aliphatic carbocycles. The van der Waals surface area contributed by atoms with Crippen molar-refractivity contribution >= 4 is 38.6 Å². The Kier molecular flexibility index (Phi) is 5.11. The molecule has 3 aromatic carbocycles. The molecule has 1 heterocycles. The molecule has 0 radical (unpaired) electrons. The number of fused-ring (bicyclic) bond motifs is 1. The van der Waals surface area contributed by atoms with Crippen molar-refractivity contribution in [3.05, 3.63) is 78.4 Å². The van der Waals surface area contributed by atoms with Crippen molar-refractivity contribution in [3.8, 4) is 5.75 Å². The lowest BCUT2D eigenvalue weighted by Gasteiger charge is -2.12. The number of hydrogen-bond donors (Lipinski definition) is 3. The van der Waals surface area contributed by atoms with Crippen LogP contribution in [-0.4, -0.2) is 31.4 Å². The van der Waals surface area contributed by atoms with Gasteiger partial charge in [0.25, 0.3) is 15.9 Å². The summed E-state index contributed by atoms with van der Waals surface area (Å²) >= 11 is 0. The summed E-state index contributed by atoms with van der Waals surface area (Å²) in [5.41, 5.74) is 2.16. The Hall–Kier alpha value is -3.85. The zero-order valence-corrected chi connectivity index (χ0v) is 16.7. The van der Waals surface area contributed by atoms with Gasteiger partial charge in [0.05, 0.1) is 28.7 Å². The van der Waals surface area contributed by atoms with Crippen LogP contribution in [-0.2, 0) is 10.0 Å². The van der Waals surface area contributed by atoms with Crippen LogP contribution in [0.4, 0.5) is 11.6 Å². The van der Waals surface area contributed by atoms with Crippen molar-refractivity contribution in [2.24, 2.45) is 0 Å². The van der Waals surface area contributed by atoms with E-state index in [0.717, 1.165) is 11.0 Å². The number of rotatable bonds is 6. The van der Waals surface area contributed by atoms with Gasteiger partial charge in [-0.1, -0.05) is 24.3 Å². The van der Waals surface area contributed by atoms with Crippen molar-refractivity contribution in [2.75, 3.05) is 17.1 Å². The van der Waals surface area contributed by atoms with Gasteiger partial charge in [0, 0.05) is 5.56 Å². The number of carbonyl (C=O) groups excluding carboxylic acids is 1. The molecule has 0 spiro atoms. The van der Waals surface area contributed by atoms with E-state index in [4.69, 9.17) is 4.74 Å². The van der Waals surface area contributed by atoms with Gasteiger partial charge in [-0.15, -0.1) is 0 Å². The molecule has 1 amide bonds. The predicted molar refractivity (Wildman–Crippen MR) is 114 cm³/mol. The average molecular weight is 422 g/mol. The third kappa shape index (κ3) is 3.96. The number of sulfonamides is 1. The van der Waals surface area contributed by atoms with Crippen LogP contribution < -0.4 is 14.8 Å². The molecule has 152 valence electrons. The lowest BCUT2D eigenvalue weighted by Crippen LogP contribution is -2.15. The Balaban J connectivity index is 1.50. The molecule has 9 heteroatoms. The fourth-order valence-electron chi connectivity index (χ4n) is 2.91. The van der Waals surface area contributed by atoms with Gasteiger partial charge in [0.2, 0.25) is 5.95 Å². The lowest BCUT2D eigenvalue weighted by molar-refractivity contribution is 0.102. The van der Waals surface area contributed by atoms with E-state index >= 15 is 0 Å². The Labute approximate surface area is 173 Å². The fourth-order valence-corrected chi connectivity index (χ4v) is 3.98. The minimum absolute atomic E-state index is 0.0219. The van der Waals surface area contributed by atoms with Gasteiger partial charge >= 0.3 is 0 Å². The van der Waals surface area contributed by atoms with Crippen molar-refractivity contribution in [1.82, 2.24) is 9.97 Å². The van der Waals surface area contributed by atoms with E-state index in [-0.39, 0.29) is 4.90 Å². The number of aromatic nitrogens is 2. The number of methoxy groups -OCH3 is 1. The molecule has 0 saturated carbocycles. The highest BCUT2D eigenvalue weighted by atomic mass is 32.2. The Bertz CT molecular complexity index is 1280. The van der Waals surface area contributed by atoms with E-state index in [2.05, 4.69) is 20.0 Å². The Morgan fingerprint density at radius 3 is 2.40 bits per heavy atom. The first-order valence-corrected chi connectivity index (χ1v) is 10.5. The maximum absolute atomic E-state index is 12.7. The van der Waals surface area contributed by atoms with Gasteiger partial charge in [0.15, 0.2) is 0 Å². The van der Waals surface area contributed by atoms with Gasteiger partial charge in [-0.05, 0) is 48.5 Å². The number of carbonyl (C=O) groups is 1. The van der Waals surface area contributed by atoms with E-state index in [1.807, 2.05) is 24.3 Å². The van der Waals surface area contributed by atoms with Crippen molar-refractivity contribution in [2.45, 2.75) is 4.90 Å². The van der Waals surface area contributed by atoms with Crippen LogP contribution in [0.3, 0.4) is 0 Å². The molecule has 4 aromatic rings. The standard InChI is InChI=1S/C21H18N4O4S/c1-29-19-9-5-4-8-18(19)25-30(27,28)15-12-10-14(11-13-15)20(26)24-21-22-16-6-2-3-7-17(16)23-21/h2-13,25H,1H3,(H2,22,23,24,26). The summed E-state index contributed by atoms with van der Waals surface area (Å²) in [6, 6.07) is 19.7. The number of nitrogens with zero attached hydrogens (tertiary/aromatic N) is 1. The number of benzene rings is 3. The number of ether oxygens (including phenoxy) is 1. The molecule has 0 atom stereocenters. The first kappa shape index (κ1) is 19.5. The van der Waals surface area contributed by atoms with Gasteiger partial charge in [-0.3, -0.25) is 14.8 Å². The predicted octanol–water partition coefficient (Wildman–Crippen LogP) is 3.62. The summed E-state index contributed by atoms with van der Waals surface area (Å²) in [5, 5.41) is 2.67. The van der Waals surface area contributed by atoms with Crippen LogP contribution >= 0.6 is 0 Å². The summed E-state index contributed by atoms with van der Waals surface area (Å²) in [6.07, 6.45) is 0. The summed E-state index contributed by atoms with van der Waals surface area (Å²) in [4.78, 5) is 19.8. The summed E-state index contributed by atoms with van der Waals surface area (Å²) in [5.74, 6) is 0.314. The minimum Gasteiger partial charge on any atom is -0.495 e. The number of para-hydroxylation sites is 4. The molecule has 4 rings (SSSR count). The first-order valence-electron chi connectivity index (χ1n) is 8.98. The largest absolute Gasteiger partial charge is 0.495 e. The van der Waals surface area contributed by atoms with E-state index in [0.29, 0.717) is 22.9 Å². The molecule has 0 aliphatic heterocycles. The third-order valence-electron chi connectivity index (χ3n) is 4.40. The van der Waals surface area contributed by atoms with E-state index in [9.17, 15) is 13.2 Å². The number of hydrogen-bond acceptors (Lipinski definition) is 5. The van der Waals surface area contributed by atoms with Crippen LogP contribution in [0.1, 0.15) is 10.4 Å². The maximum atomic E-state index is 12.7. The molecule has 8 nitrogen and oxygen atoms in total. The Morgan fingerprint density at radius 2 is 1.67 bits per heavy atom. The second-order valence-corrected chi connectivity index (χ2v) is 8.07. The molecule has 30 heavy (non-hydrogen) atoms. The van der Waals surface area contributed by atoms with Gasteiger partial charge in [0.1, 0.15) is 5.75 Å². The molecule has 3 N–H and O–H groups in total. The molecule has 1 aromatic heterocycles. The summed E-state index contributed by atoms with van der Waals surface area (Å²) in [7, 11) is -2.38. The molecular formula is C21H18N4O4S. The molecule has 0 saturated heterocycles. The number of H-pyrrole nitrogens is 1.